The van der Waals surface area contributed by atoms with Gasteiger partial charge in [0.2, 0.25) is 0 Å². The van der Waals surface area contributed by atoms with Crippen LogP contribution < -0.4 is 0 Å². The minimum Gasteiger partial charge on any atom is -0.376 e. The molecule has 5 nitrogen and oxygen atoms in total. The van der Waals surface area contributed by atoms with Crippen molar-refractivity contribution in [3.05, 3.63) is 46.5 Å². The maximum atomic E-state index is 6.07. The van der Waals surface area contributed by atoms with Crippen molar-refractivity contribution < 1.29 is 9.47 Å². The van der Waals surface area contributed by atoms with Crippen LogP contribution in [0.2, 0.25) is 5.02 Å². The zero-order valence-electron chi connectivity index (χ0n) is 13.9. The summed E-state index contributed by atoms with van der Waals surface area (Å²) in [7, 11) is 0. The summed E-state index contributed by atoms with van der Waals surface area (Å²) < 4.78 is 13.4. The van der Waals surface area contributed by atoms with Gasteiger partial charge in [0.1, 0.15) is 17.8 Å². The molecule has 6 heteroatoms. The molecule has 1 aliphatic heterocycles. The Balaban J connectivity index is 1.67. The zero-order valence-corrected chi connectivity index (χ0v) is 14.6. The fraction of sp³-hybridized carbons (Fsp3) is 0.556. The fourth-order valence-corrected chi connectivity index (χ4v) is 3.84. The number of hydrogen-bond donors (Lipinski definition) is 0. The van der Waals surface area contributed by atoms with Crippen LogP contribution >= 0.6 is 11.6 Å². The average molecular weight is 348 g/mol. The monoisotopic (exact) mass is 347 g/mol. The van der Waals surface area contributed by atoms with Gasteiger partial charge in [0.15, 0.2) is 0 Å². The normalized spacial score (nSPS) is 23.0. The molecule has 0 radical (unpaired) electrons. The lowest BCUT2D eigenvalue weighted by atomic mass is 9.64. The molecule has 2 fully saturated rings. The lowest BCUT2D eigenvalue weighted by Crippen LogP contribution is -2.40. The van der Waals surface area contributed by atoms with Crippen LogP contribution in [0.15, 0.2) is 24.3 Å². The fourth-order valence-electron chi connectivity index (χ4n) is 3.71. The standard InChI is InChI=1S/C18H22ClN3O2/c1-13-20-17(22(21-13)11-16-12-23-9-10-24-16)18(7-2-8-18)14-3-5-15(19)6-4-14/h3-6,16H,2,7-12H2,1H3/t16-/m0/s1. The Hall–Kier alpha value is -1.43. The molecule has 128 valence electrons. The molecule has 1 atom stereocenters. The molecule has 0 unspecified atom stereocenters. The summed E-state index contributed by atoms with van der Waals surface area (Å²) in [5, 5.41) is 5.40. The van der Waals surface area contributed by atoms with Crippen molar-refractivity contribution >= 4 is 11.6 Å². The van der Waals surface area contributed by atoms with Crippen LogP contribution in [0, 0.1) is 6.92 Å². The summed E-state index contributed by atoms with van der Waals surface area (Å²) >= 11 is 6.07. The minimum absolute atomic E-state index is 0.0425. The Kier molecular flexibility index (Phi) is 4.33. The molecule has 24 heavy (non-hydrogen) atoms. The van der Waals surface area contributed by atoms with Crippen LogP contribution in [0.3, 0.4) is 0 Å². The lowest BCUT2D eigenvalue weighted by Gasteiger charge is -2.41. The van der Waals surface area contributed by atoms with Crippen molar-refractivity contribution in [2.75, 3.05) is 19.8 Å². The highest BCUT2D eigenvalue weighted by molar-refractivity contribution is 6.30. The minimum atomic E-state index is -0.0542. The van der Waals surface area contributed by atoms with Crippen molar-refractivity contribution in [1.82, 2.24) is 14.8 Å². The van der Waals surface area contributed by atoms with Crippen molar-refractivity contribution in [2.24, 2.45) is 0 Å². The number of halogens is 1. The van der Waals surface area contributed by atoms with Crippen LogP contribution in [-0.4, -0.2) is 40.7 Å². The van der Waals surface area contributed by atoms with E-state index in [4.69, 9.17) is 26.1 Å². The molecule has 0 bridgehead atoms. The van der Waals surface area contributed by atoms with E-state index in [0.717, 1.165) is 29.5 Å². The summed E-state index contributed by atoms with van der Waals surface area (Å²) in [6.07, 6.45) is 3.43. The van der Waals surface area contributed by atoms with Gasteiger partial charge in [-0.3, -0.25) is 0 Å². The molecular weight excluding hydrogens is 326 g/mol. The molecule has 1 aromatic heterocycles. The van der Waals surface area contributed by atoms with Gasteiger partial charge in [-0.05, 0) is 37.5 Å². The quantitative estimate of drug-likeness (QED) is 0.852. The third-order valence-electron chi connectivity index (χ3n) is 5.07. The van der Waals surface area contributed by atoms with E-state index in [2.05, 4.69) is 17.2 Å². The molecule has 0 N–H and O–H groups in total. The SMILES string of the molecule is Cc1nc(C2(c3ccc(Cl)cc3)CCC2)n(C[C@H]2COCCO2)n1. The van der Waals surface area contributed by atoms with Crippen LogP contribution in [0.4, 0.5) is 0 Å². The van der Waals surface area contributed by atoms with E-state index < -0.39 is 0 Å². The summed E-state index contributed by atoms with van der Waals surface area (Å²) in [5.41, 5.74) is 1.22. The number of benzene rings is 1. The highest BCUT2D eigenvalue weighted by atomic mass is 35.5. The predicted octanol–water partition coefficient (Wildman–Crippen LogP) is 3.13. The molecule has 1 aliphatic carbocycles. The Morgan fingerprint density at radius 1 is 1.25 bits per heavy atom. The van der Waals surface area contributed by atoms with Gasteiger partial charge in [0, 0.05) is 5.02 Å². The van der Waals surface area contributed by atoms with E-state index in [9.17, 15) is 0 Å². The van der Waals surface area contributed by atoms with E-state index in [-0.39, 0.29) is 11.5 Å². The van der Waals surface area contributed by atoms with Gasteiger partial charge < -0.3 is 9.47 Å². The summed E-state index contributed by atoms with van der Waals surface area (Å²) in [5.74, 6) is 1.85. The molecule has 2 aliphatic rings. The van der Waals surface area contributed by atoms with Gasteiger partial charge >= 0.3 is 0 Å². The van der Waals surface area contributed by atoms with Gasteiger partial charge in [-0.15, -0.1) is 0 Å². The Bertz CT molecular complexity index is 704. The molecule has 0 spiro atoms. The Morgan fingerprint density at radius 2 is 2.04 bits per heavy atom. The van der Waals surface area contributed by atoms with Gasteiger partial charge in [-0.2, -0.15) is 5.10 Å². The van der Waals surface area contributed by atoms with Crippen LogP contribution in [0.1, 0.15) is 36.5 Å². The second kappa shape index (κ2) is 6.47. The number of nitrogens with zero attached hydrogens (tertiary/aromatic N) is 3. The molecule has 1 saturated heterocycles. The molecule has 1 saturated carbocycles. The first-order valence-electron chi connectivity index (χ1n) is 8.55. The van der Waals surface area contributed by atoms with Crippen LogP contribution in [-0.2, 0) is 21.4 Å². The first-order chi connectivity index (χ1) is 11.7. The number of aryl methyl sites for hydroxylation is 1. The third kappa shape index (κ3) is 2.85. The molecule has 1 aromatic carbocycles. The van der Waals surface area contributed by atoms with Crippen molar-refractivity contribution in [3.63, 3.8) is 0 Å². The predicted molar refractivity (Wildman–Crippen MR) is 91.4 cm³/mol. The van der Waals surface area contributed by atoms with Crippen LogP contribution in [0.25, 0.3) is 0 Å². The van der Waals surface area contributed by atoms with Gasteiger partial charge in [-0.1, -0.05) is 30.2 Å². The third-order valence-corrected chi connectivity index (χ3v) is 5.32. The second-order valence-corrected chi connectivity index (χ2v) is 7.11. The molecule has 2 heterocycles. The average Bonchev–Trinajstić information content (AvgIpc) is 2.90. The summed E-state index contributed by atoms with van der Waals surface area (Å²) in [6.45, 7) is 4.58. The number of aromatic nitrogens is 3. The molecule has 4 rings (SSSR count). The Morgan fingerprint density at radius 3 is 2.67 bits per heavy atom. The van der Waals surface area contributed by atoms with Crippen molar-refractivity contribution in [3.8, 4) is 0 Å². The smallest absolute Gasteiger partial charge is 0.147 e. The number of rotatable bonds is 4. The van der Waals surface area contributed by atoms with Gasteiger partial charge in [0.05, 0.1) is 31.8 Å². The first-order valence-corrected chi connectivity index (χ1v) is 8.92. The van der Waals surface area contributed by atoms with E-state index in [1.54, 1.807) is 0 Å². The maximum absolute atomic E-state index is 6.07. The zero-order chi connectivity index (χ0) is 16.6. The van der Waals surface area contributed by atoms with Gasteiger partial charge in [-0.25, -0.2) is 9.67 Å². The molecular formula is C18H22ClN3O2. The number of ether oxygens (including phenoxy) is 2. The summed E-state index contributed by atoms with van der Waals surface area (Å²) in [6, 6.07) is 8.16. The first kappa shape index (κ1) is 16.1. The molecule has 0 amide bonds. The largest absolute Gasteiger partial charge is 0.376 e. The van der Waals surface area contributed by atoms with E-state index >= 15 is 0 Å². The number of hydrogen-bond acceptors (Lipinski definition) is 4. The second-order valence-electron chi connectivity index (χ2n) is 6.68. The van der Waals surface area contributed by atoms with Crippen LogP contribution in [0.5, 0.6) is 0 Å². The van der Waals surface area contributed by atoms with Crippen molar-refractivity contribution in [2.45, 2.75) is 44.2 Å². The van der Waals surface area contributed by atoms with E-state index in [1.165, 1.54) is 12.0 Å². The highest BCUT2D eigenvalue weighted by Crippen LogP contribution is 2.48. The van der Waals surface area contributed by atoms with Crippen molar-refractivity contribution in [1.29, 1.82) is 0 Å². The highest BCUT2D eigenvalue weighted by Gasteiger charge is 2.44. The lowest BCUT2D eigenvalue weighted by molar-refractivity contribution is -0.0952. The topological polar surface area (TPSA) is 49.2 Å². The molecule has 2 aromatic rings. The van der Waals surface area contributed by atoms with E-state index in [0.29, 0.717) is 26.4 Å². The van der Waals surface area contributed by atoms with E-state index in [1.807, 2.05) is 23.7 Å². The maximum Gasteiger partial charge on any atom is 0.147 e. The van der Waals surface area contributed by atoms with Gasteiger partial charge in [0.25, 0.3) is 0 Å². The Labute approximate surface area is 146 Å². The summed E-state index contributed by atoms with van der Waals surface area (Å²) in [4.78, 5) is 4.79.